The Balaban J connectivity index is 1.02. The van der Waals surface area contributed by atoms with Crippen LogP contribution in [0.15, 0.2) is 267 Å². The lowest BCUT2D eigenvalue weighted by Gasteiger charge is -2.34. The topological polar surface area (TPSA) is 35.6 Å². The third kappa shape index (κ3) is 6.63. The molecule has 75 heavy (non-hydrogen) atoms. The highest BCUT2D eigenvalue weighted by Crippen LogP contribution is 2.59. The van der Waals surface area contributed by atoms with Crippen LogP contribution in [0.5, 0.6) is 0 Å². The first-order chi connectivity index (χ1) is 37.2. The van der Waals surface area contributed by atoms with Gasteiger partial charge in [-0.25, -0.2) is 9.97 Å². The van der Waals surface area contributed by atoms with E-state index in [1.165, 1.54) is 77.2 Å². The zero-order valence-electron chi connectivity index (χ0n) is 41.1. The number of rotatable bonds is 8. The molecule has 0 fully saturated rings. The zero-order chi connectivity index (χ0) is 49.5. The number of nitrogens with zero attached hydrogens (tertiary/aromatic N) is 4. The van der Waals surface area contributed by atoms with Gasteiger partial charge in [-0.3, -0.25) is 9.13 Å². The fourth-order valence-corrected chi connectivity index (χ4v) is 12.7. The minimum atomic E-state index is -0.719. The molecule has 0 bridgehead atoms. The van der Waals surface area contributed by atoms with Crippen molar-refractivity contribution in [3.63, 3.8) is 0 Å². The van der Waals surface area contributed by atoms with Gasteiger partial charge in [0.15, 0.2) is 0 Å². The highest BCUT2D eigenvalue weighted by atomic mass is 15.1. The number of imidazole rings is 2. The van der Waals surface area contributed by atoms with Crippen molar-refractivity contribution in [2.24, 2.45) is 0 Å². The number of benzene rings is 11. The van der Waals surface area contributed by atoms with Gasteiger partial charge in [0.1, 0.15) is 11.6 Å². The molecule has 0 amide bonds. The quantitative estimate of drug-likeness (QED) is 0.142. The minimum Gasteiger partial charge on any atom is -0.292 e. The maximum atomic E-state index is 5.31. The van der Waals surface area contributed by atoms with Gasteiger partial charge in [0.2, 0.25) is 0 Å². The fraction of sp³-hybridized carbons (Fsp3) is 0.0423. The zero-order valence-corrected chi connectivity index (χ0v) is 41.1. The van der Waals surface area contributed by atoms with E-state index in [9.17, 15) is 0 Å². The van der Waals surface area contributed by atoms with Crippen LogP contribution in [0.25, 0.3) is 106 Å². The van der Waals surface area contributed by atoms with Gasteiger partial charge in [-0.15, -0.1) is 0 Å². The Morgan fingerprint density at radius 1 is 0.373 bits per heavy atom. The van der Waals surface area contributed by atoms with Crippen molar-refractivity contribution >= 4 is 49.2 Å². The summed E-state index contributed by atoms with van der Waals surface area (Å²) in [5.74, 6) is 1.82. The Labute approximate surface area is 435 Å². The molecule has 0 unspecified atom stereocenters. The first-order valence-corrected chi connectivity index (χ1v) is 26.0. The van der Waals surface area contributed by atoms with Gasteiger partial charge in [-0.2, -0.15) is 0 Å². The van der Waals surface area contributed by atoms with Crippen molar-refractivity contribution in [2.45, 2.75) is 18.3 Å². The van der Waals surface area contributed by atoms with Crippen LogP contribution in [0.1, 0.15) is 40.7 Å². The molecule has 0 spiro atoms. The molecule has 0 saturated carbocycles. The van der Waals surface area contributed by atoms with Crippen molar-refractivity contribution in [2.75, 3.05) is 0 Å². The Hall–Kier alpha value is -9.64. The van der Waals surface area contributed by atoms with E-state index in [2.05, 4.69) is 276 Å². The molecule has 2 aliphatic carbocycles. The molecule has 2 heterocycles. The van der Waals surface area contributed by atoms with E-state index in [1.807, 2.05) is 0 Å². The van der Waals surface area contributed by atoms with Crippen LogP contribution in [0.4, 0.5) is 0 Å². The summed E-state index contributed by atoms with van der Waals surface area (Å²) >= 11 is 0. The Bertz CT molecular complexity index is 4270. The highest BCUT2D eigenvalue weighted by Gasteiger charge is 2.47. The van der Waals surface area contributed by atoms with Crippen LogP contribution in [-0.4, -0.2) is 19.1 Å². The predicted molar refractivity (Wildman–Crippen MR) is 311 cm³/mol. The molecule has 13 aromatic rings. The minimum absolute atomic E-state index is 0.719. The standard InChI is InChI=1S/C71H48N4/c1-5-21-47(22-6-1)67-56-30-13-14-31-57(56)68(48-23-7-2-8-24-48)60-46-62-58(45-59(60)67)55-29-15-16-32-61(55)71(62,51-41-37-49(38-42-51)69-72-63-33-17-19-35-65(63)74(69)53-25-9-3-10-26-53)52-43-39-50(40-44-52)70-73-64-34-18-20-36-66(64)75(70)54-27-11-4-12-28-54/h1-5,7-21,23-46H,6,22H2. The molecule has 4 heteroatoms. The van der Waals surface area contributed by atoms with Crippen LogP contribution in [0, 0.1) is 0 Å². The molecule has 352 valence electrons. The summed E-state index contributed by atoms with van der Waals surface area (Å²) in [6.45, 7) is 0. The number of para-hydroxylation sites is 6. The third-order valence-corrected chi connectivity index (χ3v) is 15.9. The molecule has 0 saturated heterocycles. The largest absolute Gasteiger partial charge is 0.292 e. The van der Waals surface area contributed by atoms with Gasteiger partial charge >= 0.3 is 0 Å². The summed E-state index contributed by atoms with van der Waals surface area (Å²) in [5, 5.41) is 5.09. The summed E-state index contributed by atoms with van der Waals surface area (Å²) in [6.07, 6.45) is 8.90. The SMILES string of the molecule is C1=CCCC(c2c3ccccc3c(-c3ccccc3)c3cc4c(cc23)-c2ccccc2C4(c2ccc(-c3nc4ccccc4n3-c3ccccc3)cc2)c2ccc(-c3nc4ccccc4n3-c3ccccc3)cc2)=C1. The Morgan fingerprint density at radius 2 is 0.867 bits per heavy atom. The lowest BCUT2D eigenvalue weighted by Crippen LogP contribution is -2.28. The molecule has 0 N–H and O–H groups in total. The van der Waals surface area contributed by atoms with Crippen LogP contribution < -0.4 is 0 Å². The Kier molecular flexibility index (Phi) is 9.89. The highest BCUT2D eigenvalue weighted by molar-refractivity contribution is 6.20. The normalized spacial score (nSPS) is 13.6. The predicted octanol–water partition coefficient (Wildman–Crippen LogP) is 17.8. The number of allylic oxidation sites excluding steroid dienone is 4. The smallest absolute Gasteiger partial charge is 0.145 e. The molecule has 2 aliphatic rings. The summed E-state index contributed by atoms with van der Waals surface area (Å²) in [7, 11) is 0. The van der Waals surface area contributed by atoms with E-state index in [1.54, 1.807) is 0 Å². The third-order valence-electron chi connectivity index (χ3n) is 15.9. The molecule has 0 radical (unpaired) electrons. The molecule has 15 rings (SSSR count). The monoisotopic (exact) mass is 956 g/mol. The maximum absolute atomic E-state index is 5.31. The van der Waals surface area contributed by atoms with Crippen molar-refractivity contribution < 1.29 is 0 Å². The summed E-state index contributed by atoms with van der Waals surface area (Å²) in [5.41, 5.74) is 20.2. The molecule has 0 atom stereocenters. The van der Waals surface area contributed by atoms with Crippen LogP contribution in [0.3, 0.4) is 0 Å². The molecule has 11 aromatic carbocycles. The van der Waals surface area contributed by atoms with Gasteiger partial charge in [-0.1, -0.05) is 206 Å². The summed E-state index contributed by atoms with van der Waals surface area (Å²) in [4.78, 5) is 10.6. The van der Waals surface area contributed by atoms with Crippen LogP contribution >= 0.6 is 0 Å². The summed E-state index contributed by atoms with van der Waals surface area (Å²) in [6, 6.07) is 91.1. The van der Waals surface area contributed by atoms with Crippen molar-refractivity contribution in [1.82, 2.24) is 19.1 Å². The average molecular weight is 957 g/mol. The van der Waals surface area contributed by atoms with Crippen molar-refractivity contribution in [3.8, 4) is 56.4 Å². The van der Waals surface area contributed by atoms with Gasteiger partial charge in [0.25, 0.3) is 0 Å². The van der Waals surface area contributed by atoms with Gasteiger partial charge < -0.3 is 0 Å². The lowest BCUT2D eigenvalue weighted by atomic mass is 9.67. The first kappa shape index (κ1) is 43.0. The summed E-state index contributed by atoms with van der Waals surface area (Å²) < 4.78 is 4.58. The second-order valence-electron chi connectivity index (χ2n) is 19.9. The molecular formula is C71H48N4. The number of fused-ring (bicyclic) bond motifs is 7. The fourth-order valence-electron chi connectivity index (χ4n) is 12.7. The first-order valence-electron chi connectivity index (χ1n) is 26.0. The van der Waals surface area contributed by atoms with E-state index >= 15 is 0 Å². The average Bonchev–Trinajstić information content (AvgIpc) is 4.30. The lowest BCUT2D eigenvalue weighted by molar-refractivity contribution is 0.769. The molecule has 4 nitrogen and oxygen atoms in total. The second kappa shape index (κ2) is 17.3. The molecule has 2 aromatic heterocycles. The van der Waals surface area contributed by atoms with E-state index in [0.717, 1.165) is 69.1 Å². The molecule has 0 aliphatic heterocycles. The van der Waals surface area contributed by atoms with E-state index in [0.29, 0.717) is 0 Å². The number of hydrogen-bond acceptors (Lipinski definition) is 2. The van der Waals surface area contributed by atoms with Crippen LogP contribution in [-0.2, 0) is 5.41 Å². The maximum Gasteiger partial charge on any atom is 0.145 e. The van der Waals surface area contributed by atoms with E-state index in [-0.39, 0.29) is 0 Å². The van der Waals surface area contributed by atoms with E-state index in [4.69, 9.17) is 9.97 Å². The van der Waals surface area contributed by atoms with Crippen molar-refractivity contribution in [3.05, 3.63) is 295 Å². The van der Waals surface area contributed by atoms with Gasteiger partial charge in [0, 0.05) is 22.5 Å². The number of aromatic nitrogens is 4. The van der Waals surface area contributed by atoms with Gasteiger partial charge in [0.05, 0.1) is 27.5 Å². The van der Waals surface area contributed by atoms with Gasteiger partial charge in [-0.05, 0) is 151 Å². The number of hydrogen-bond donors (Lipinski definition) is 0. The second-order valence-corrected chi connectivity index (χ2v) is 19.9. The van der Waals surface area contributed by atoms with Crippen LogP contribution in [0.2, 0.25) is 0 Å². The van der Waals surface area contributed by atoms with Crippen molar-refractivity contribution in [1.29, 1.82) is 0 Å². The van der Waals surface area contributed by atoms with E-state index < -0.39 is 5.41 Å². The molecular weight excluding hydrogens is 909 g/mol. The Morgan fingerprint density at radius 3 is 1.44 bits per heavy atom.